The summed E-state index contributed by atoms with van der Waals surface area (Å²) in [6.07, 6.45) is 0. The molecule has 0 saturated heterocycles. The Hall–Kier alpha value is -0.640. The fraction of sp³-hybridized carbons (Fsp3) is 0.455. The zero-order chi connectivity index (χ0) is 12.1. The topological polar surface area (TPSA) is 30.5 Å². The van der Waals surface area contributed by atoms with E-state index in [-0.39, 0.29) is 6.04 Å². The highest BCUT2D eigenvalue weighted by Gasteiger charge is 2.09. The average molecular weight is 264 g/mol. The number of anilines is 1. The van der Waals surface area contributed by atoms with Crippen molar-refractivity contribution in [3.63, 3.8) is 0 Å². The minimum atomic E-state index is 0.186. The van der Waals surface area contributed by atoms with Crippen molar-refractivity contribution in [2.24, 2.45) is 0 Å². The molecular weight excluding hydrogens is 249 g/mol. The second kappa shape index (κ2) is 6.18. The maximum Gasteiger partial charge on any atom is 0.156 e. The molecule has 1 unspecified atom stereocenters. The summed E-state index contributed by atoms with van der Waals surface area (Å²) in [6.45, 7) is 2.62. The fourth-order valence-corrected chi connectivity index (χ4v) is 2.06. The number of nitrogens with one attached hydrogen (secondary N) is 1. The van der Waals surface area contributed by atoms with Crippen LogP contribution in [-0.4, -0.2) is 26.9 Å². The van der Waals surface area contributed by atoms with Crippen molar-refractivity contribution in [1.82, 2.24) is 0 Å². The highest BCUT2D eigenvalue weighted by molar-refractivity contribution is 6.37. The summed E-state index contributed by atoms with van der Waals surface area (Å²) in [5.74, 6) is 0.494. The summed E-state index contributed by atoms with van der Waals surface area (Å²) in [5.41, 5.74) is 0.848. The molecule has 3 nitrogen and oxygen atoms in total. The smallest absolute Gasteiger partial charge is 0.156 e. The van der Waals surface area contributed by atoms with Crippen LogP contribution in [0, 0.1) is 0 Å². The summed E-state index contributed by atoms with van der Waals surface area (Å²) >= 11 is 12.0. The SMILES string of the molecule is COCC(C)Nc1cc(Cl)c(OC)c(Cl)c1. The molecule has 0 aliphatic carbocycles. The van der Waals surface area contributed by atoms with E-state index in [1.807, 2.05) is 6.92 Å². The number of benzene rings is 1. The molecule has 0 saturated carbocycles. The Kier molecular flexibility index (Phi) is 5.19. The predicted octanol–water partition coefficient (Wildman–Crippen LogP) is 3.45. The Morgan fingerprint density at radius 1 is 1.25 bits per heavy atom. The number of methoxy groups -OCH3 is 2. The van der Waals surface area contributed by atoms with Crippen molar-refractivity contribution in [3.05, 3.63) is 22.2 Å². The van der Waals surface area contributed by atoms with Crippen molar-refractivity contribution in [2.75, 3.05) is 26.1 Å². The molecule has 1 atom stereocenters. The molecular formula is C11H15Cl2NO2. The lowest BCUT2D eigenvalue weighted by molar-refractivity contribution is 0.190. The Balaban J connectivity index is 2.83. The summed E-state index contributed by atoms with van der Waals surface area (Å²) in [4.78, 5) is 0. The van der Waals surface area contributed by atoms with Gasteiger partial charge in [-0.3, -0.25) is 0 Å². The van der Waals surface area contributed by atoms with Gasteiger partial charge in [0, 0.05) is 18.8 Å². The second-order valence-corrected chi connectivity index (χ2v) is 4.29. The first kappa shape index (κ1) is 13.4. The van der Waals surface area contributed by atoms with Crippen LogP contribution in [0.1, 0.15) is 6.92 Å². The Morgan fingerprint density at radius 3 is 2.25 bits per heavy atom. The second-order valence-electron chi connectivity index (χ2n) is 3.47. The summed E-state index contributed by atoms with van der Waals surface area (Å²) in [7, 11) is 3.19. The lowest BCUT2D eigenvalue weighted by Gasteiger charge is -2.15. The third-order valence-corrected chi connectivity index (χ3v) is 2.59. The van der Waals surface area contributed by atoms with Crippen molar-refractivity contribution >= 4 is 28.9 Å². The van der Waals surface area contributed by atoms with Gasteiger partial charge in [0.1, 0.15) is 0 Å². The molecule has 1 aromatic carbocycles. The first-order chi connectivity index (χ1) is 7.58. The fourth-order valence-electron chi connectivity index (χ4n) is 1.41. The van der Waals surface area contributed by atoms with Gasteiger partial charge in [0.15, 0.2) is 5.75 Å². The molecule has 1 aromatic rings. The van der Waals surface area contributed by atoms with Gasteiger partial charge in [-0.25, -0.2) is 0 Å². The van der Waals surface area contributed by atoms with Crippen LogP contribution in [0.5, 0.6) is 5.75 Å². The van der Waals surface area contributed by atoms with E-state index in [9.17, 15) is 0 Å². The monoisotopic (exact) mass is 263 g/mol. The van der Waals surface area contributed by atoms with E-state index in [0.717, 1.165) is 5.69 Å². The predicted molar refractivity (Wildman–Crippen MR) is 68.0 cm³/mol. The van der Waals surface area contributed by atoms with Crippen LogP contribution in [0.25, 0.3) is 0 Å². The van der Waals surface area contributed by atoms with Gasteiger partial charge in [-0.1, -0.05) is 23.2 Å². The van der Waals surface area contributed by atoms with E-state index in [2.05, 4.69) is 5.32 Å². The molecule has 0 amide bonds. The summed E-state index contributed by atoms with van der Waals surface area (Å²) in [6, 6.07) is 3.74. The number of ether oxygens (including phenoxy) is 2. The van der Waals surface area contributed by atoms with Crippen LogP contribution in [0.2, 0.25) is 10.0 Å². The van der Waals surface area contributed by atoms with Gasteiger partial charge >= 0.3 is 0 Å². The maximum absolute atomic E-state index is 6.01. The zero-order valence-electron chi connectivity index (χ0n) is 9.51. The lowest BCUT2D eigenvalue weighted by Crippen LogP contribution is -2.20. The molecule has 90 valence electrons. The number of halogens is 2. The molecule has 16 heavy (non-hydrogen) atoms. The standard InChI is InChI=1S/C11H15Cl2NO2/c1-7(6-15-2)14-8-4-9(12)11(16-3)10(13)5-8/h4-5,7,14H,6H2,1-3H3. The lowest BCUT2D eigenvalue weighted by atomic mass is 10.2. The van der Waals surface area contributed by atoms with Gasteiger partial charge in [0.25, 0.3) is 0 Å². The number of rotatable bonds is 5. The molecule has 5 heteroatoms. The first-order valence-corrected chi connectivity index (χ1v) is 5.62. The van der Waals surface area contributed by atoms with Crippen LogP contribution in [0.15, 0.2) is 12.1 Å². The van der Waals surface area contributed by atoms with Crippen molar-refractivity contribution in [1.29, 1.82) is 0 Å². The van der Waals surface area contributed by atoms with Crippen LogP contribution >= 0.6 is 23.2 Å². The quantitative estimate of drug-likeness (QED) is 0.883. The molecule has 0 aliphatic rings. The zero-order valence-corrected chi connectivity index (χ0v) is 11.0. The van der Waals surface area contributed by atoms with Crippen LogP contribution in [0.3, 0.4) is 0 Å². The largest absolute Gasteiger partial charge is 0.494 e. The van der Waals surface area contributed by atoms with Gasteiger partial charge < -0.3 is 14.8 Å². The molecule has 0 spiro atoms. The van der Waals surface area contributed by atoms with E-state index >= 15 is 0 Å². The van der Waals surface area contributed by atoms with E-state index < -0.39 is 0 Å². The Bertz CT molecular complexity index is 335. The molecule has 0 heterocycles. The van der Waals surface area contributed by atoms with Crippen LogP contribution < -0.4 is 10.1 Å². The van der Waals surface area contributed by atoms with Crippen molar-refractivity contribution < 1.29 is 9.47 Å². The number of hydrogen-bond donors (Lipinski definition) is 1. The Morgan fingerprint density at radius 2 is 1.81 bits per heavy atom. The normalized spacial score (nSPS) is 12.3. The molecule has 1 N–H and O–H groups in total. The molecule has 1 rings (SSSR count). The molecule has 0 fully saturated rings. The minimum Gasteiger partial charge on any atom is -0.494 e. The minimum absolute atomic E-state index is 0.186. The molecule has 0 bridgehead atoms. The van der Waals surface area contributed by atoms with Gasteiger partial charge in [0.05, 0.1) is 23.8 Å². The highest BCUT2D eigenvalue weighted by Crippen LogP contribution is 2.35. The maximum atomic E-state index is 6.01. The van der Waals surface area contributed by atoms with Crippen LogP contribution in [-0.2, 0) is 4.74 Å². The third kappa shape index (κ3) is 3.44. The van der Waals surface area contributed by atoms with Gasteiger partial charge in [-0.05, 0) is 19.1 Å². The van der Waals surface area contributed by atoms with Crippen LogP contribution in [0.4, 0.5) is 5.69 Å². The average Bonchev–Trinajstić information content (AvgIpc) is 2.17. The van der Waals surface area contributed by atoms with Gasteiger partial charge in [-0.15, -0.1) is 0 Å². The summed E-state index contributed by atoms with van der Waals surface area (Å²) < 4.78 is 10.1. The Labute approximate surface area is 106 Å². The van der Waals surface area contributed by atoms with E-state index in [0.29, 0.717) is 22.4 Å². The van der Waals surface area contributed by atoms with E-state index in [4.69, 9.17) is 32.7 Å². The number of hydrogen-bond acceptors (Lipinski definition) is 3. The van der Waals surface area contributed by atoms with Gasteiger partial charge in [0.2, 0.25) is 0 Å². The van der Waals surface area contributed by atoms with E-state index in [1.165, 1.54) is 7.11 Å². The van der Waals surface area contributed by atoms with E-state index in [1.54, 1.807) is 19.2 Å². The third-order valence-electron chi connectivity index (χ3n) is 2.03. The highest BCUT2D eigenvalue weighted by atomic mass is 35.5. The first-order valence-electron chi connectivity index (χ1n) is 4.87. The van der Waals surface area contributed by atoms with Crippen molar-refractivity contribution in [2.45, 2.75) is 13.0 Å². The van der Waals surface area contributed by atoms with Crippen molar-refractivity contribution in [3.8, 4) is 5.75 Å². The van der Waals surface area contributed by atoms with Gasteiger partial charge in [-0.2, -0.15) is 0 Å². The molecule has 0 aromatic heterocycles. The summed E-state index contributed by atoms with van der Waals surface area (Å²) in [5, 5.41) is 4.20. The molecule has 0 aliphatic heterocycles. The molecule has 0 radical (unpaired) electrons.